The maximum atomic E-state index is 12.0. The summed E-state index contributed by atoms with van der Waals surface area (Å²) in [4.78, 5) is 12.1. The molecule has 0 saturated carbocycles. The molecule has 3 nitrogen and oxygen atoms in total. The van der Waals surface area contributed by atoms with E-state index in [2.05, 4.69) is 11.4 Å². The fraction of sp³-hybridized carbons (Fsp3) is 0.167. The monoisotopic (exact) mass is 264 g/mol. The first-order valence-electron chi connectivity index (χ1n) is 5.19. The van der Waals surface area contributed by atoms with E-state index in [1.165, 1.54) is 5.56 Å². The summed E-state index contributed by atoms with van der Waals surface area (Å²) < 4.78 is 1.64. The Hall–Kier alpha value is -1.46. The zero-order valence-electron chi connectivity index (χ0n) is 9.13. The average Bonchev–Trinajstić information content (AvgIpc) is 2.80. The van der Waals surface area contributed by atoms with Crippen LogP contribution in [0.4, 0.5) is 0 Å². The van der Waals surface area contributed by atoms with Gasteiger partial charge in [0.2, 0.25) is 0 Å². The van der Waals surface area contributed by atoms with E-state index in [0.717, 1.165) is 6.42 Å². The van der Waals surface area contributed by atoms with Crippen LogP contribution < -0.4 is 11.3 Å². The van der Waals surface area contributed by atoms with Crippen LogP contribution in [0.1, 0.15) is 11.1 Å². The van der Waals surface area contributed by atoms with Gasteiger partial charge < -0.3 is 10.3 Å². The highest BCUT2D eigenvalue weighted by Crippen LogP contribution is 2.07. The van der Waals surface area contributed by atoms with Crippen molar-refractivity contribution in [1.82, 2.24) is 4.57 Å². The van der Waals surface area contributed by atoms with Gasteiger partial charge in [-0.25, -0.2) is 0 Å². The fourth-order valence-electron chi connectivity index (χ4n) is 1.58. The second-order valence-corrected chi connectivity index (χ2v) is 4.89. The minimum absolute atomic E-state index is 0.116. The number of hydrogen-bond acceptors (Lipinski definition) is 3. The minimum Gasteiger partial charge on any atom is -0.389 e. The summed E-state index contributed by atoms with van der Waals surface area (Å²) in [5.74, 6) is 0. The highest BCUT2D eigenvalue weighted by Gasteiger charge is 2.05. The number of pyridine rings is 1. The van der Waals surface area contributed by atoms with Crippen LogP contribution in [0.5, 0.6) is 0 Å². The molecule has 2 heterocycles. The Morgan fingerprint density at radius 1 is 1.47 bits per heavy atom. The van der Waals surface area contributed by atoms with E-state index >= 15 is 0 Å². The van der Waals surface area contributed by atoms with Crippen molar-refractivity contribution in [3.8, 4) is 0 Å². The highest BCUT2D eigenvalue weighted by atomic mass is 32.1. The number of nitrogens with two attached hydrogens (primary N) is 1. The van der Waals surface area contributed by atoms with Crippen molar-refractivity contribution in [2.45, 2.75) is 13.0 Å². The molecule has 2 rings (SSSR count). The molecule has 0 aliphatic carbocycles. The van der Waals surface area contributed by atoms with Gasteiger partial charge in [-0.05, 0) is 40.9 Å². The third-order valence-electron chi connectivity index (χ3n) is 2.51. The van der Waals surface area contributed by atoms with Gasteiger partial charge in [-0.2, -0.15) is 11.3 Å². The van der Waals surface area contributed by atoms with Gasteiger partial charge in [0.25, 0.3) is 5.56 Å². The van der Waals surface area contributed by atoms with E-state index in [1.807, 2.05) is 5.38 Å². The Labute approximate surface area is 109 Å². The minimum atomic E-state index is -0.116. The Morgan fingerprint density at radius 2 is 2.29 bits per heavy atom. The SMILES string of the molecule is NC(=S)c1cccn(CCc2ccsc2)c1=O. The number of hydrogen-bond donors (Lipinski definition) is 1. The van der Waals surface area contributed by atoms with E-state index < -0.39 is 0 Å². The molecule has 0 radical (unpaired) electrons. The van der Waals surface area contributed by atoms with Crippen LogP contribution in [0.3, 0.4) is 0 Å². The van der Waals surface area contributed by atoms with Gasteiger partial charge in [0.15, 0.2) is 0 Å². The van der Waals surface area contributed by atoms with Crippen LogP contribution in [-0.4, -0.2) is 9.56 Å². The zero-order chi connectivity index (χ0) is 12.3. The van der Waals surface area contributed by atoms with Gasteiger partial charge in [0, 0.05) is 12.7 Å². The average molecular weight is 264 g/mol. The van der Waals surface area contributed by atoms with E-state index in [4.69, 9.17) is 18.0 Å². The fourth-order valence-corrected chi connectivity index (χ4v) is 2.44. The zero-order valence-corrected chi connectivity index (χ0v) is 10.8. The summed E-state index contributed by atoms with van der Waals surface area (Å²) in [7, 11) is 0. The molecule has 88 valence electrons. The Morgan fingerprint density at radius 3 is 2.94 bits per heavy atom. The van der Waals surface area contributed by atoms with Crippen molar-refractivity contribution < 1.29 is 0 Å². The van der Waals surface area contributed by atoms with Crippen LogP contribution in [0.2, 0.25) is 0 Å². The van der Waals surface area contributed by atoms with Gasteiger partial charge in [-0.1, -0.05) is 12.2 Å². The summed E-state index contributed by atoms with van der Waals surface area (Å²) >= 11 is 6.50. The molecule has 0 aromatic carbocycles. The Bertz CT molecular complexity index is 572. The molecule has 0 amide bonds. The molecule has 5 heteroatoms. The van der Waals surface area contributed by atoms with Gasteiger partial charge >= 0.3 is 0 Å². The molecule has 0 unspecified atom stereocenters. The molecule has 0 spiro atoms. The number of aromatic nitrogens is 1. The summed E-state index contributed by atoms with van der Waals surface area (Å²) in [6.45, 7) is 0.645. The molecule has 0 aliphatic rings. The van der Waals surface area contributed by atoms with E-state index in [0.29, 0.717) is 12.1 Å². The lowest BCUT2D eigenvalue weighted by Crippen LogP contribution is -2.28. The number of aryl methyl sites for hydroxylation is 2. The second kappa shape index (κ2) is 5.25. The highest BCUT2D eigenvalue weighted by molar-refractivity contribution is 7.80. The molecule has 2 aromatic rings. The summed E-state index contributed by atoms with van der Waals surface area (Å²) in [6, 6.07) is 5.52. The topological polar surface area (TPSA) is 48.0 Å². The lowest BCUT2D eigenvalue weighted by atomic mass is 10.2. The number of thiocarbonyl (C=S) groups is 1. The third-order valence-corrected chi connectivity index (χ3v) is 3.46. The quantitative estimate of drug-likeness (QED) is 0.856. The standard InChI is InChI=1S/C12H12N2OS2/c13-11(16)10-2-1-5-14(12(10)15)6-3-9-4-7-17-8-9/h1-2,4-5,7-8H,3,6H2,(H2,13,16). The van der Waals surface area contributed by atoms with E-state index in [1.54, 1.807) is 34.2 Å². The molecule has 0 bridgehead atoms. The predicted molar refractivity (Wildman–Crippen MR) is 74.6 cm³/mol. The van der Waals surface area contributed by atoms with Crippen LogP contribution >= 0.6 is 23.6 Å². The summed E-state index contributed by atoms with van der Waals surface area (Å²) in [5.41, 5.74) is 7.03. The maximum Gasteiger partial charge on any atom is 0.260 e. The Kier molecular flexibility index (Phi) is 3.71. The molecule has 17 heavy (non-hydrogen) atoms. The van der Waals surface area contributed by atoms with Crippen molar-refractivity contribution in [2.24, 2.45) is 5.73 Å². The summed E-state index contributed by atoms with van der Waals surface area (Å²) in [5, 5.41) is 4.12. The smallest absolute Gasteiger partial charge is 0.260 e. The Balaban J connectivity index is 2.19. The van der Waals surface area contributed by atoms with Crippen molar-refractivity contribution in [1.29, 1.82) is 0 Å². The van der Waals surface area contributed by atoms with Gasteiger partial charge in [-0.15, -0.1) is 0 Å². The van der Waals surface area contributed by atoms with E-state index in [9.17, 15) is 4.79 Å². The van der Waals surface area contributed by atoms with Crippen LogP contribution in [0, 0.1) is 0 Å². The van der Waals surface area contributed by atoms with Crippen LogP contribution in [0.25, 0.3) is 0 Å². The molecule has 2 N–H and O–H groups in total. The van der Waals surface area contributed by atoms with Crippen LogP contribution in [-0.2, 0) is 13.0 Å². The third kappa shape index (κ3) is 2.81. The largest absolute Gasteiger partial charge is 0.389 e. The van der Waals surface area contributed by atoms with Crippen LogP contribution in [0.15, 0.2) is 40.0 Å². The van der Waals surface area contributed by atoms with Crippen molar-refractivity contribution >= 4 is 28.5 Å². The molecular formula is C12H12N2OS2. The number of thiophene rings is 1. The summed E-state index contributed by atoms with van der Waals surface area (Å²) in [6.07, 6.45) is 2.60. The molecule has 0 saturated heterocycles. The van der Waals surface area contributed by atoms with Crippen molar-refractivity contribution in [3.05, 3.63) is 56.6 Å². The van der Waals surface area contributed by atoms with Gasteiger partial charge in [-0.3, -0.25) is 4.79 Å². The first kappa shape index (κ1) is 12.0. The first-order chi connectivity index (χ1) is 8.18. The first-order valence-corrected chi connectivity index (χ1v) is 6.54. The molecule has 0 aliphatic heterocycles. The lowest BCUT2D eigenvalue weighted by molar-refractivity contribution is 0.669. The second-order valence-electron chi connectivity index (χ2n) is 3.67. The van der Waals surface area contributed by atoms with Crippen molar-refractivity contribution in [3.63, 3.8) is 0 Å². The van der Waals surface area contributed by atoms with Gasteiger partial charge in [0.1, 0.15) is 4.99 Å². The number of nitrogens with zero attached hydrogens (tertiary/aromatic N) is 1. The predicted octanol–water partition coefficient (Wildman–Crippen LogP) is 1.79. The maximum absolute atomic E-state index is 12.0. The van der Waals surface area contributed by atoms with Gasteiger partial charge in [0.05, 0.1) is 5.56 Å². The molecular weight excluding hydrogens is 252 g/mol. The normalized spacial score (nSPS) is 10.4. The van der Waals surface area contributed by atoms with Crippen molar-refractivity contribution in [2.75, 3.05) is 0 Å². The molecule has 0 atom stereocenters. The number of rotatable bonds is 4. The van der Waals surface area contributed by atoms with E-state index in [-0.39, 0.29) is 10.5 Å². The molecule has 0 fully saturated rings. The molecule has 2 aromatic heterocycles. The lowest BCUT2D eigenvalue weighted by Gasteiger charge is -2.06.